The molecular weight excluding hydrogens is 338 g/mol. The van der Waals surface area contributed by atoms with Crippen LogP contribution in [-0.4, -0.2) is 27.4 Å². The molecular formula is C14H18BrN3OS. The normalized spacial score (nSPS) is 11.1. The second kappa shape index (κ2) is 6.10. The van der Waals surface area contributed by atoms with E-state index in [4.69, 9.17) is 0 Å². The molecule has 0 unspecified atom stereocenters. The molecule has 0 fully saturated rings. The molecule has 4 nitrogen and oxygen atoms in total. The van der Waals surface area contributed by atoms with Crippen molar-refractivity contribution in [3.8, 4) is 0 Å². The van der Waals surface area contributed by atoms with Crippen LogP contribution in [0.5, 0.6) is 0 Å². The lowest BCUT2D eigenvalue weighted by molar-refractivity contribution is 0.0771. The molecule has 2 heterocycles. The van der Waals surface area contributed by atoms with Crippen molar-refractivity contribution >= 4 is 33.2 Å². The van der Waals surface area contributed by atoms with Crippen LogP contribution in [0.2, 0.25) is 0 Å². The predicted octanol–water partition coefficient (Wildman–Crippen LogP) is 3.87. The Bertz CT molecular complexity index is 618. The van der Waals surface area contributed by atoms with E-state index in [1.165, 1.54) is 0 Å². The van der Waals surface area contributed by atoms with E-state index in [0.29, 0.717) is 12.2 Å². The van der Waals surface area contributed by atoms with Crippen LogP contribution in [0.3, 0.4) is 0 Å². The summed E-state index contributed by atoms with van der Waals surface area (Å²) >= 11 is 5.04. The van der Waals surface area contributed by atoms with Crippen molar-refractivity contribution in [2.24, 2.45) is 0 Å². The van der Waals surface area contributed by atoms with Crippen LogP contribution < -0.4 is 0 Å². The molecule has 2 aromatic rings. The molecule has 20 heavy (non-hydrogen) atoms. The third-order valence-corrected chi connectivity index (χ3v) is 4.26. The number of hydrogen-bond donors (Lipinski definition) is 0. The average Bonchev–Trinajstić information content (AvgIpc) is 2.94. The zero-order valence-electron chi connectivity index (χ0n) is 12.1. The third kappa shape index (κ3) is 3.30. The Morgan fingerprint density at radius 1 is 1.55 bits per heavy atom. The Labute approximate surface area is 131 Å². The van der Waals surface area contributed by atoms with Crippen molar-refractivity contribution in [2.75, 3.05) is 7.05 Å². The molecule has 0 radical (unpaired) electrons. The van der Waals surface area contributed by atoms with Gasteiger partial charge in [0.05, 0.1) is 17.2 Å². The van der Waals surface area contributed by atoms with Crippen molar-refractivity contribution in [3.05, 3.63) is 38.5 Å². The van der Waals surface area contributed by atoms with Crippen molar-refractivity contribution in [1.29, 1.82) is 0 Å². The number of amides is 1. The molecule has 108 valence electrons. The number of rotatable bonds is 4. The van der Waals surface area contributed by atoms with Gasteiger partial charge < -0.3 is 9.47 Å². The molecule has 0 N–H and O–H groups in total. The number of hydrogen-bond acceptors (Lipinski definition) is 3. The number of halogens is 1. The largest absolute Gasteiger partial charge is 0.340 e. The Hall–Kier alpha value is -1.14. The summed E-state index contributed by atoms with van der Waals surface area (Å²) in [6.07, 6.45) is 1.94. The molecule has 6 heteroatoms. The number of thiazole rings is 1. The molecule has 1 amide bonds. The van der Waals surface area contributed by atoms with Gasteiger partial charge in [0.1, 0.15) is 5.69 Å². The van der Waals surface area contributed by atoms with Crippen LogP contribution >= 0.6 is 27.3 Å². The van der Waals surface area contributed by atoms with Gasteiger partial charge in [0.15, 0.2) is 0 Å². The van der Waals surface area contributed by atoms with Gasteiger partial charge in [-0.25, -0.2) is 4.98 Å². The highest BCUT2D eigenvalue weighted by molar-refractivity contribution is 9.10. The first-order valence-corrected chi connectivity index (χ1v) is 8.09. The fourth-order valence-electron chi connectivity index (χ4n) is 2.04. The van der Waals surface area contributed by atoms with E-state index < -0.39 is 0 Å². The van der Waals surface area contributed by atoms with Crippen LogP contribution in [0.15, 0.2) is 22.1 Å². The van der Waals surface area contributed by atoms with Crippen LogP contribution in [0, 0.1) is 6.92 Å². The zero-order chi connectivity index (χ0) is 14.9. The molecule has 0 aliphatic rings. The summed E-state index contributed by atoms with van der Waals surface area (Å²) in [4.78, 5) is 18.7. The summed E-state index contributed by atoms with van der Waals surface area (Å²) in [6, 6.07) is 2.11. The second-order valence-corrected chi connectivity index (χ2v) is 7.04. The van der Waals surface area contributed by atoms with Crippen molar-refractivity contribution < 1.29 is 4.79 Å². The van der Waals surface area contributed by atoms with Gasteiger partial charge >= 0.3 is 0 Å². The summed E-state index contributed by atoms with van der Waals surface area (Å²) in [6.45, 7) is 6.63. The van der Waals surface area contributed by atoms with E-state index in [2.05, 4.69) is 34.8 Å². The second-order valence-electron chi connectivity index (χ2n) is 5.06. The van der Waals surface area contributed by atoms with Gasteiger partial charge in [0.2, 0.25) is 0 Å². The topological polar surface area (TPSA) is 38.1 Å². The van der Waals surface area contributed by atoms with Gasteiger partial charge in [-0.2, -0.15) is 0 Å². The van der Waals surface area contributed by atoms with Gasteiger partial charge in [-0.1, -0.05) is 0 Å². The average molecular weight is 356 g/mol. The Morgan fingerprint density at radius 3 is 2.80 bits per heavy atom. The van der Waals surface area contributed by atoms with Crippen LogP contribution in [-0.2, 0) is 6.54 Å². The van der Waals surface area contributed by atoms with Crippen molar-refractivity contribution in [1.82, 2.24) is 14.5 Å². The Balaban J connectivity index is 2.18. The number of aromatic nitrogens is 2. The fourth-order valence-corrected chi connectivity index (χ4v) is 3.08. The zero-order valence-corrected chi connectivity index (χ0v) is 14.5. The lowest BCUT2D eigenvalue weighted by Gasteiger charge is -2.19. The fraction of sp³-hybridized carbons (Fsp3) is 0.429. The highest BCUT2D eigenvalue weighted by Gasteiger charge is 2.19. The van der Waals surface area contributed by atoms with Crippen molar-refractivity contribution in [3.63, 3.8) is 0 Å². The van der Waals surface area contributed by atoms with Gasteiger partial charge in [-0.05, 0) is 42.8 Å². The first kappa shape index (κ1) is 15.3. The SMILES string of the molecule is Cc1nc(CN(C)C(=O)c2cc(Br)cn2C(C)C)cs1. The summed E-state index contributed by atoms with van der Waals surface area (Å²) in [5, 5.41) is 3.02. The third-order valence-electron chi connectivity index (χ3n) is 3.00. The number of carbonyl (C=O) groups excluding carboxylic acids is 1. The summed E-state index contributed by atoms with van der Waals surface area (Å²) < 4.78 is 2.90. The van der Waals surface area contributed by atoms with E-state index in [1.54, 1.807) is 16.2 Å². The Kier molecular flexibility index (Phi) is 4.65. The molecule has 0 bridgehead atoms. The molecule has 0 aromatic carbocycles. The molecule has 0 aliphatic carbocycles. The number of carbonyl (C=O) groups is 1. The smallest absolute Gasteiger partial charge is 0.270 e. The van der Waals surface area contributed by atoms with Gasteiger partial charge in [0.25, 0.3) is 5.91 Å². The van der Waals surface area contributed by atoms with E-state index in [1.807, 2.05) is 36.2 Å². The molecule has 2 rings (SSSR count). The maximum atomic E-state index is 12.6. The van der Waals surface area contributed by atoms with E-state index in [-0.39, 0.29) is 11.9 Å². The molecule has 0 saturated heterocycles. The predicted molar refractivity (Wildman–Crippen MR) is 85.2 cm³/mol. The standard InChI is InChI=1S/C14H18BrN3OS/c1-9(2)18-6-11(15)5-13(18)14(19)17(4)7-12-8-20-10(3)16-12/h5-6,8-9H,7H2,1-4H3. The Morgan fingerprint density at radius 2 is 2.25 bits per heavy atom. The lowest BCUT2D eigenvalue weighted by Crippen LogP contribution is -2.28. The van der Waals surface area contributed by atoms with Crippen LogP contribution in [0.25, 0.3) is 0 Å². The minimum atomic E-state index is 0.00931. The van der Waals surface area contributed by atoms with Crippen molar-refractivity contribution in [2.45, 2.75) is 33.4 Å². The molecule has 2 aromatic heterocycles. The van der Waals surface area contributed by atoms with E-state index in [0.717, 1.165) is 15.2 Å². The van der Waals surface area contributed by atoms with Crippen LogP contribution in [0.1, 0.15) is 41.1 Å². The lowest BCUT2D eigenvalue weighted by atomic mass is 10.3. The highest BCUT2D eigenvalue weighted by Crippen LogP contribution is 2.21. The first-order valence-electron chi connectivity index (χ1n) is 6.42. The van der Waals surface area contributed by atoms with Crippen LogP contribution in [0.4, 0.5) is 0 Å². The highest BCUT2D eigenvalue weighted by atomic mass is 79.9. The van der Waals surface area contributed by atoms with Gasteiger partial charge in [0, 0.05) is 29.1 Å². The minimum absolute atomic E-state index is 0.00931. The molecule has 0 spiro atoms. The first-order chi connectivity index (χ1) is 9.38. The van der Waals surface area contributed by atoms with E-state index >= 15 is 0 Å². The summed E-state index contributed by atoms with van der Waals surface area (Å²) in [7, 11) is 1.81. The number of aryl methyl sites for hydroxylation is 1. The molecule has 0 atom stereocenters. The minimum Gasteiger partial charge on any atom is -0.340 e. The number of nitrogens with zero attached hydrogens (tertiary/aromatic N) is 3. The summed E-state index contributed by atoms with van der Waals surface area (Å²) in [5.41, 5.74) is 1.63. The molecule has 0 aliphatic heterocycles. The summed E-state index contributed by atoms with van der Waals surface area (Å²) in [5.74, 6) is 0.00931. The maximum absolute atomic E-state index is 12.6. The van der Waals surface area contributed by atoms with Gasteiger partial charge in [-0.15, -0.1) is 11.3 Å². The quantitative estimate of drug-likeness (QED) is 0.834. The van der Waals surface area contributed by atoms with Gasteiger partial charge in [-0.3, -0.25) is 4.79 Å². The molecule has 0 saturated carbocycles. The monoisotopic (exact) mass is 355 g/mol. The van der Waals surface area contributed by atoms with E-state index in [9.17, 15) is 4.79 Å². The maximum Gasteiger partial charge on any atom is 0.270 e.